The van der Waals surface area contributed by atoms with Crippen molar-refractivity contribution in [2.75, 3.05) is 18.5 Å². The molecule has 2 amide bonds. The Kier molecular flexibility index (Phi) is 6.45. The summed E-state index contributed by atoms with van der Waals surface area (Å²) in [5, 5.41) is 11.5. The topological polar surface area (TPSA) is 91.8 Å². The number of aromatic nitrogens is 1. The first-order valence-corrected chi connectivity index (χ1v) is 6.86. The molecule has 0 radical (unpaired) electrons. The lowest BCUT2D eigenvalue weighted by atomic mass is 10.2. The second-order valence-corrected chi connectivity index (χ2v) is 4.48. The van der Waals surface area contributed by atoms with Crippen LogP contribution in [0.3, 0.4) is 0 Å². The van der Waals surface area contributed by atoms with Gasteiger partial charge in [0.2, 0.25) is 5.88 Å². The quantitative estimate of drug-likeness (QED) is 0.804. The van der Waals surface area contributed by atoms with Gasteiger partial charge in [-0.05, 0) is 26.8 Å². The van der Waals surface area contributed by atoms with Gasteiger partial charge in [0.1, 0.15) is 0 Å². The first-order chi connectivity index (χ1) is 9.97. The molecule has 0 bridgehead atoms. The number of nitrogens with one attached hydrogen (secondary N) is 1. The van der Waals surface area contributed by atoms with Gasteiger partial charge < -0.3 is 20.1 Å². The van der Waals surface area contributed by atoms with Crippen LogP contribution in [-0.4, -0.2) is 46.2 Å². The second kappa shape index (κ2) is 8.08. The molecule has 1 aromatic heterocycles. The smallest absolute Gasteiger partial charge is 0.322 e. The van der Waals surface area contributed by atoms with E-state index in [4.69, 9.17) is 9.84 Å². The zero-order chi connectivity index (χ0) is 15.8. The van der Waals surface area contributed by atoms with Crippen molar-refractivity contribution in [1.29, 1.82) is 0 Å². The predicted octanol–water partition coefficient (Wildman–Crippen LogP) is 2.20. The number of aliphatic carboxylic acids is 1. The minimum Gasteiger partial charge on any atom is -0.481 e. The van der Waals surface area contributed by atoms with Gasteiger partial charge >= 0.3 is 12.0 Å². The number of ether oxygens (including phenoxy) is 1. The lowest BCUT2D eigenvalue weighted by Gasteiger charge is -2.27. The van der Waals surface area contributed by atoms with Crippen molar-refractivity contribution in [3.05, 3.63) is 18.3 Å². The molecule has 0 saturated heterocycles. The number of hydrogen-bond acceptors (Lipinski definition) is 4. The molecule has 1 unspecified atom stereocenters. The van der Waals surface area contributed by atoms with Crippen molar-refractivity contribution in [2.24, 2.45) is 0 Å². The van der Waals surface area contributed by atoms with Crippen molar-refractivity contribution in [1.82, 2.24) is 9.88 Å². The van der Waals surface area contributed by atoms with E-state index in [0.29, 0.717) is 24.7 Å². The minimum absolute atomic E-state index is 0.0945. The number of carboxylic acids is 1. The van der Waals surface area contributed by atoms with Gasteiger partial charge in [-0.1, -0.05) is 0 Å². The van der Waals surface area contributed by atoms with Gasteiger partial charge in [0.15, 0.2) is 0 Å². The van der Waals surface area contributed by atoms with Crippen LogP contribution in [0.15, 0.2) is 18.3 Å². The lowest BCUT2D eigenvalue weighted by molar-refractivity contribution is -0.137. The van der Waals surface area contributed by atoms with Gasteiger partial charge in [-0.15, -0.1) is 0 Å². The van der Waals surface area contributed by atoms with Gasteiger partial charge in [0.25, 0.3) is 0 Å². The molecule has 0 fully saturated rings. The highest BCUT2D eigenvalue weighted by Crippen LogP contribution is 2.13. The summed E-state index contributed by atoms with van der Waals surface area (Å²) in [4.78, 5) is 28.4. The average Bonchev–Trinajstić information content (AvgIpc) is 2.41. The highest BCUT2D eigenvalue weighted by molar-refractivity contribution is 5.89. The van der Waals surface area contributed by atoms with Crippen LogP contribution in [0.25, 0.3) is 0 Å². The maximum atomic E-state index is 12.1. The number of amides is 2. The number of urea groups is 1. The first-order valence-electron chi connectivity index (χ1n) is 6.86. The number of carboxylic acid groups (broad SMARTS) is 1. The van der Waals surface area contributed by atoms with Gasteiger partial charge in [0.05, 0.1) is 24.9 Å². The zero-order valence-corrected chi connectivity index (χ0v) is 12.5. The summed E-state index contributed by atoms with van der Waals surface area (Å²) in [6.45, 7) is 6.31. The monoisotopic (exact) mass is 295 g/mol. The third-order valence-corrected chi connectivity index (χ3v) is 2.88. The van der Waals surface area contributed by atoms with Crippen LogP contribution in [0.5, 0.6) is 5.88 Å². The average molecular weight is 295 g/mol. The minimum atomic E-state index is -0.934. The standard InChI is InChI=1S/C14H21N3O4/c1-4-17(10(3)8-13(18)19)14(20)16-11-6-7-12(15-9-11)21-5-2/h6-7,9-10H,4-5,8H2,1-3H3,(H,16,20)(H,18,19). The summed E-state index contributed by atoms with van der Waals surface area (Å²) in [5.41, 5.74) is 0.532. The molecular formula is C14H21N3O4. The Balaban J connectivity index is 2.66. The molecule has 0 spiro atoms. The Labute approximate surface area is 123 Å². The predicted molar refractivity (Wildman–Crippen MR) is 78.5 cm³/mol. The van der Waals surface area contributed by atoms with Crippen molar-refractivity contribution < 1.29 is 19.4 Å². The Morgan fingerprint density at radius 1 is 1.43 bits per heavy atom. The van der Waals surface area contributed by atoms with E-state index in [1.165, 1.54) is 11.1 Å². The lowest BCUT2D eigenvalue weighted by Crippen LogP contribution is -2.42. The van der Waals surface area contributed by atoms with Crippen molar-refractivity contribution >= 4 is 17.7 Å². The van der Waals surface area contributed by atoms with Crippen LogP contribution >= 0.6 is 0 Å². The van der Waals surface area contributed by atoms with Crippen LogP contribution in [0.1, 0.15) is 27.2 Å². The van der Waals surface area contributed by atoms with E-state index in [2.05, 4.69) is 10.3 Å². The molecule has 1 rings (SSSR count). The zero-order valence-electron chi connectivity index (χ0n) is 12.5. The fourth-order valence-electron chi connectivity index (χ4n) is 1.90. The molecule has 1 aromatic rings. The summed E-state index contributed by atoms with van der Waals surface area (Å²) in [5.74, 6) is -0.446. The fourth-order valence-corrected chi connectivity index (χ4v) is 1.90. The second-order valence-electron chi connectivity index (χ2n) is 4.48. The molecule has 2 N–H and O–H groups in total. The number of pyridine rings is 1. The number of nitrogens with zero attached hydrogens (tertiary/aromatic N) is 2. The molecule has 0 aromatic carbocycles. The summed E-state index contributed by atoms with van der Waals surface area (Å²) >= 11 is 0. The molecular weight excluding hydrogens is 274 g/mol. The van der Waals surface area contributed by atoms with Crippen molar-refractivity contribution in [2.45, 2.75) is 33.2 Å². The first kappa shape index (κ1) is 16.7. The maximum absolute atomic E-state index is 12.1. The Morgan fingerprint density at radius 3 is 2.62 bits per heavy atom. The van der Waals surface area contributed by atoms with Gasteiger partial charge in [-0.2, -0.15) is 0 Å². The van der Waals surface area contributed by atoms with Crippen LogP contribution in [0, 0.1) is 0 Å². The Hall–Kier alpha value is -2.31. The van der Waals surface area contributed by atoms with Crippen LogP contribution in [-0.2, 0) is 4.79 Å². The number of hydrogen-bond donors (Lipinski definition) is 2. The number of anilines is 1. The molecule has 0 aliphatic rings. The summed E-state index contributed by atoms with van der Waals surface area (Å²) < 4.78 is 5.22. The van der Waals surface area contributed by atoms with Crippen molar-refractivity contribution in [3.63, 3.8) is 0 Å². The normalized spacial score (nSPS) is 11.6. The molecule has 7 heteroatoms. The summed E-state index contributed by atoms with van der Waals surface area (Å²) in [7, 11) is 0. The molecule has 21 heavy (non-hydrogen) atoms. The van der Waals surface area contributed by atoms with E-state index in [0.717, 1.165) is 0 Å². The van der Waals surface area contributed by atoms with Gasteiger partial charge in [-0.3, -0.25) is 4.79 Å². The van der Waals surface area contributed by atoms with Crippen LogP contribution in [0.4, 0.5) is 10.5 Å². The van der Waals surface area contributed by atoms with E-state index in [-0.39, 0.29) is 18.5 Å². The largest absolute Gasteiger partial charge is 0.481 e. The van der Waals surface area contributed by atoms with Crippen LogP contribution in [0.2, 0.25) is 0 Å². The molecule has 116 valence electrons. The molecule has 0 saturated carbocycles. The number of carbonyl (C=O) groups excluding carboxylic acids is 1. The highest BCUT2D eigenvalue weighted by atomic mass is 16.5. The Bertz CT molecular complexity index is 476. The highest BCUT2D eigenvalue weighted by Gasteiger charge is 2.20. The van der Waals surface area contributed by atoms with Crippen molar-refractivity contribution in [3.8, 4) is 5.88 Å². The van der Waals surface area contributed by atoms with Crippen LogP contribution < -0.4 is 10.1 Å². The molecule has 0 aliphatic heterocycles. The maximum Gasteiger partial charge on any atom is 0.322 e. The number of rotatable bonds is 7. The van der Waals surface area contributed by atoms with E-state index >= 15 is 0 Å². The summed E-state index contributed by atoms with van der Waals surface area (Å²) in [6.07, 6.45) is 1.40. The van der Waals surface area contributed by atoms with Gasteiger partial charge in [-0.25, -0.2) is 9.78 Å². The van der Waals surface area contributed by atoms with E-state index < -0.39 is 5.97 Å². The molecule has 1 atom stereocenters. The van der Waals surface area contributed by atoms with E-state index in [1.54, 1.807) is 26.0 Å². The summed E-state index contributed by atoms with van der Waals surface area (Å²) in [6, 6.07) is 2.61. The van der Waals surface area contributed by atoms with E-state index in [9.17, 15) is 9.59 Å². The van der Waals surface area contributed by atoms with E-state index in [1.807, 2.05) is 6.92 Å². The SMILES string of the molecule is CCOc1ccc(NC(=O)N(CC)C(C)CC(=O)O)cn1. The molecule has 7 nitrogen and oxygen atoms in total. The molecule has 1 heterocycles. The third kappa shape index (κ3) is 5.29. The van der Waals surface area contributed by atoms with Gasteiger partial charge in [0, 0.05) is 18.7 Å². The molecule has 0 aliphatic carbocycles. The fraction of sp³-hybridized carbons (Fsp3) is 0.500. The Morgan fingerprint density at radius 2 is 2.14 bits per heavy atom. The number of carbonyl (C=O) groups is 2. The third-order valence-electron chi connectivity index (χ3n) is 2.88.